The predicted octanol–water partition coefficient (Wildman–Crippen LogP) is 3.08. The van der Waals surface area contributed by atoms with Crippen molar-refractivity contribution in [1.82, 2.24) is 10.2 Å². The molecule has 1 saturated carbocycles. The zero-order chi connectivity index (χ0) is 15.2. The number of halogens is 3. The van der Waals surface area contributed by atoms with Gasteiger partial charge in [-0.1, -0.05) is 6.92 Å². The van der Waals surface area contributed by atoms with Crippen molar-refractivity contribution < 1.29 is 13.2 Å². The molecule has 1 fully saturated rings. The minimum Gasteiger partial charge on any atom is -0.303 e. The number of nitrogens with zero attached hydrogens (tertiary/aromatic N) is 2. The molecule has 20 heavy (non-hydrogen) atoms. The molecule has 0 aliphatic heterocycles. The highest BCUT2D eigenvalue weighted by atomic mass is 19.4. The fraction of sp³-hybridized carbons (Fsp3) is 0.929. The van der Waals surface area contributed by atoms with Crippen molar-refractivity contribution >= 4 is 0 Å². The summed E-state index contributed by atoms with van der Waals surface area (Å²) < 4.78 is 36.8. The lowest BCUT2D eigenvalue weighted by molar-refractivity contribution is -0.138. The van der Waals surface area contributed by atoms with E-state index in [1.807, 2.05) is 6.92 Å². The summed E-state index contributed by atoms with van der Waals surface area (Å²) in [7, 11) is 1.73. The monoisotopic (exact) mass is 291 g/mol. The fourth-order valence-electron chi connectivity index (χ4n) is 2.77. The van der Waals surface area contributed by atoms with E-state index in [1.54, 1.807) is 11.9 Å². The van der Waals surface area contributed by atoms with Gasteiger partial charge in [-0.15, -0.1) is 0 Å². The normalized spacial score (nSPS) is 27.6. The highest BCUT2D eigenvalue weighted by Gasteiger charge is 2.38. The Labute approximate surface area is 119 Å². The second-order valence-corrected chi connectivity index (χ2v) is 5.72. The molecule has 3 nitrogen and oxygen atoms in total. The zero-order valence-electron chi connectivity index (χ0n) is 12.3. The number of hydrogen-bond donors (Lipinski definition) is 1. The average Bonchev–Trinajstić information content (AvgIpc) is 2.42. The van der Waals surface area contributed by atoms with Crippen LogP contribution in [0.15, 0.2) is 0 Å². The standard InChI is InChI=1S/C14H24F3N3/c1-3-8-19-13(11-18)6-4-5-12(10-13)20(2)9-7-14(15,16)17/h12,19H,3-10H2,1-2H3. The SMILES string of the molecule is CCCNC1(C#N)CCCC(N(C)CCC(F)(F)F)C1. The van der Waals surface area contributed by atoms with Gasteiger partial charge in [0, 0.05) is 12.6 Å². The van der Waals surface area contributed by atoms with Crippen molar-refractivity contribution in [3.05, 3.63) is 0 Å². The van der Waals surface area contributed by atoms with Gasteiger partial charge in [-0.05, 0) is 45.7 Å². The van der Waals surface area contributed by atoms with Gasteiger partial charge in [-0.25, -0.2) is 0 Å². The molecule has 0 radical (unpaired) electrons. The molecule has 1 rings (SSSR count). The van der Waals surface area contributed by atoms with Crippen LogP contribution in [0.4, 0.5) is 13.2 Å². The van der Waals surface area contributed by atoms with Gasteiger partial charge in [0.1, 0.15) is 5.54 Å². The minimum absolute atomic E-state index is 0.00343. The Kier molecular flexibility index (Phi) is 6.28. The molecule has 1 aliphatic rings. The smallest absolute Gasteiger partial charge is 0.303 e. The van der Waals surface area contributed by atoms with Crippen LogP contribution >= 0.6 is 0 Å². The third kappa shape index (κ3) is 5.29. The average molecular weight is 291 g/mol. The van der Waals surface area contributed by atoms with Gasteiger partial charge < -0.3 is 4.90 Å². The quantitative estimate of drug-likeness (QED) is 0.817. The van der Waals surface area contributed by atoms with Gasteiger partial charge in [0.15, 0.2) is 0 Å². The van der Waals surface area contributed by atoms with E-state index >= 15 is 0 Å². The van der Waals surface area contributed by atoms with Gasteiger partial charge in [0.2, 0.25) is 0 Å². The Balaban J connectivity index is 2.56. The van der Waals surface area contributed by atoms with E-state index in [4.69, 9.17) is 0 Å². The Morgan fingerprint density at radius 2 is 2.15 bits per heavy atom. The summed E-state index contributed by atoms with van der Waals surface area (Å²) in [6.07, 6.45) is -0.822. The molecule has 0 aromatic rings. The number of hydrogen-bond acceptors (Lipinski definition) is 3. The molecule has 2 atom stereocenters. The van der Waals surface area contributed by atoms with Crippen molar-refractivity contribution in [3.8, 4) is 6.07 Å². The molecule has 2 unspecified atom stereocenters. The van der Waals surface area contributed by atoms with E-state index < -0.39 is 18.1 Å². The van der Waals surface area contributed by atoms with E-state index in [2.05, 4.69) is 11.4 Å². The molecule has 116 valence electrons. The maximum Gasteiger partial charge on any atom is 0.390 e. The maximum atomic E-state index is 12.3. The van der Waals surface area contributed by atoms with Crippen LogP contribution in [0.1, 0.15) is 45.4 Å². The lowest BCUT2D eigenvalue weighted by atomic mass is 9.79. The van der Waals surface area contributed by atoms with Crippen LogP contribution in [-0.2, 0) is 0 Å². The lowest BCUT2D eigenvalue weighted by Crippen LogP contribution is -2.52. The molecule has 0 bridgehead atoms. The van der Waals surface area contributed by atoms with Crippen LogP contribution in [0.3, 0.4) is 0 Å². The molecule has 1 aliphatic carbocycles. The van der Waals surface area contributed by atoms with Crippen LogP contribution in [-0.4, -0.2) is 42.8 Å². The van der Waals surface area contributed by atoms with Crippen LogP contribution in [0.25, 0.3) is 0 Å². The van der Waals surface area contributed by atoms with Gasteiger partial charge >= 0.3 is 6.18 Å². The first-order valence-electron chi connectivity index (χ1n) is 7.25. The van der Waals surface area contributed by atoms with E-state index in [1.165, 1.54) is 0 Å². The first-order chi connectivity index (χ1) is 9.32. The van der Waals surface area contributed by atoms with Crippen LogP contribution < -0.4 is 5.32 Å². The Morgan fingerprint density at radius 1 is 1.45 bits per heavy atom. The lowest BCUT2D eigenvalue weighted by Gasteiger charge is -2.40. The fourth-order valence-corrected chi connectivity index (χ4v) is 2.77. The summed E-state index contributed by atoms with van der Waals surface area (Å²) in [6.45, 7) is 2.81. The Bertz CT molecular complexity index is 338. The van der Waals surface area contributed by atoms with Gasteiger partial charge in [-0.3, -0.25) is 5.32 Å². The Hall–Kier alpha value is -0.800. The summed E-state index contributed by atoms with van der Waals surface area (Å²) >= 11 is 0. The topological polar surface area (TPSA) is 39.1 Å². The highest BCUT2D eigenvalue weighted by Crippen LogP contribution is 2.31. The minimum atomic E-state index is -4.12. The highest BCUT2D eigenvalue weighted by molar-refractivity contribution is 5.11. The number of nitrogens with one attached hydrogen (secondary N) is 1. The van der Waals surface area contributed by atoms with E-state index in [-0.39, 0.29) is 12.6 Å². The largest absolute Gasteiger partial charge is 0.390 e. The second kappa shape index (κ2) is 7.28. The first-order valence-corrected chi connectivity index (χ1v) is 7.25. The van der Waals surface area contributed by atoms with Gasteiger partial charge in [-0.2, -0.15) is 18.4 Å². The van der Waals surface area contributed by atoms with Crippen LogP contribution in [0.5, 0.6) is 0 Å². The van der Waals surface area contributed by atoms with Crippen molar-refractivity contribution in [2.45, 2.75) is 63.2 Å². The van der Waals surface area contributed by atoms with Crippen molar-refractivity contribution in [2.24, 2.45) is 0 Å². The molecule has 0 aromatic carbocycles. The van der Waals surface area contributed by atoms with E-state index in [0.29, 0.717) is 6.42 Å². The Morgan fingerprint density at radius 3 is 2.70 bits per heavy atom. The summed E-state index contributed by atoms with van der Waals surface area (Å²) in [5, 5.41) is 12.7. The summed E-state index contributed by atoms with van der Waals surface area (Å²) in [5.74, 6) is 0. The number of alkyl halides is 3. The molecule has 1 N–H and O–H groups in total. The molecule has 0 amide bonds. The van der Waals surface area contributed by atoms with Crippen LogP contribution in [0.2, 0.25) is 0 Å². The van der Waals surface area contributed by atoms with Gasteiger partial charge in [0.05, 0.1) is 12.5 Å². The third-order valence-corrected chi connectivity index (χ3v) is 4.02. The molecule has 0 aromatic heterocycles. The zero-order valence-corrected chi connectivity index (χ0v) is 12.3. The van der Waals surface area contributed by atoms with Crippen molar-refractivity contribution in [3.63, 3.8) is 0 Å². The molecular formula is C14H24F3N3. The summed E-state index contributed by atoms with van der Waals surface area (Å²) in [4.78, 5) is 1.76. The molecule has 0 spiro atoms. The predicted molar refractivity (Wildman–Crippen MR) is 72.2 cm³/mol. The van der Waals surface area contributed by atoms with Crippen molar-refractivity contribution in [1.29, 1.82) is 5.26 Å². The summed E-state index contributed by atoms with van der Waals surface area (Å²) in [5.41, 5.74) is -0.564. The summed E-state index contributed by atoms with van der Waals surface area (Å²) in [6, 6.07) is 2.40. The van der Waals surface area contributed by atoms with Crippen LogP contribution in [0, 0.1) is 11.3 Å². The second-order valence-electron chi connectivity index (χ2n) is 5.72. The molecule has 6 heteroatoms. The third-order valence-electron chi connectivity index (χ3n) is 4.02. The molecule has 0 heterocycles. The number of rotatable bonds is 6. The van der Waals surface area contributed by atoms with E-state index in [0.717, 1.165) is 32.2 Å². The van der Waals surface area contributed by atoms with E-state index in [9.17, 15) is 18.4 Å². The first kappa shape index (κ1) is 17.3. The van der Waals surface area contributed by atoms with Crippen molar-refractivity contribution in [2.75, 3.05) is 20.1 Å². The van der Waals surface area contributed by atoms with Gasteiger partial charge in [0.25, 0.3) is 0 Å². The maximum absolute atomic E-state index is 12.3. The number of nitriles is 1. The molecule has 0 saturated heterocycles. The molecular weight excluding hydrogens is 267 g/mol.